The van der Waals surface area contributed by atoms with Crippen LogP contribution in [0.2, 0.25) is 0 Å². The van der Waals surface area contributed by atoms with Crippen LogP contribution >= 0.6 is 0 Å². The molecule has 1 atom stereocenters. The Bertz CT molecular complexity index is 341. The molecule has 0 radical (unpaired) electrons. The Balaban J connectivity index is 1.87. The minimum Gasteiger partial charge on any atom is -0.384 e. The summed E-state index contributed by atoms with van der Waals surface area (Å²) in [5, 5.41) is 3.25. The van der Waals surface area contributed by atoms with E-state index in [2.05, 4.69) is 27.1 Å². The van der Waals surface area contributed by atoms with E-state index in [0.717, 1.165) is 13.1 Å². The Hall–Kier alpha value is -1.36. The number of nitrogens with two attached hydrogens (primary N) is 1. The summed E-state index contributed by atoms with van der Waals surface area (Å²) in [7, 11) is 0. The van der Waals surface area contributed by atoms with Crippen molar-refractivity contribution in [1.29, 1.82) is 0 Å². The van der Waals surface area contributed by atoms with Crippen LogP contribution in [0.5, 0.6) is 0 Å². The van der Waals surface area contributed by atoms with Crippen molar-refractivity contribution in [3.8, 4) is 0 Å². The van der Waals surface area contributed by atoms with Crippen LogP contribution in [-0.4, -0.2) is 40.5 Å². The standard InChI is InChI=1S/C11H19N5/c1-2-16-7-3-4-9(16)8-14-11-13-6-5-10(12)15-11/h5-6,9H,2-4,7-8H2,1H3,(H3,12,13,14,15). The van der Waals surface area contributed by atoms with Gasteiger partial charge < -0.3 is 11.1 Å². The molecule has 5 nitrogen and oxygen atoms in total. The lowest BCUT2D eigenvalue weighted by atomic mass is 10.2. The van der Waals surface area contributed by atoms with Gasteiger partial charge in [0.1, 0.15) is 5.82 Å². The summed E-state index contributed by atoms with van der Waals surface area (Å²) in [6.45, 7) is 5.43. The van der Waals surface area contributed by atoms with Gasteiger partial charge >= 0.3 is 0 Å². The number of anilines is 2. The fraction of sp³-hybridized carbons (Fsp3) is 0.636. The lowest BCUT2D eigenvalue weighted by Crippen LogP contribution is -2.34. The van der Waals surface area contributed by atoms with Crippen molar-refractivity contribution in [3.05, 3.63) is 12.3 Å². The molecule has 88 valence electrons. The third-order valence-corrected chi connectivity index (χ3v) is 3.08. The molecule has 2 rings (SSSR count). The Morgan fingerprint density at radius 1 is 1.62 bits per heavy atom. The van der Waals surface area contributed by atoms with Gasteiger partial charge in [0.05, 0.1) is 0 Å². The zero-order valence-corrected chi connectivity index (χ0v) is 9.69. The minimum absolute atomic E-state index is 0.510. The van der Waals surface area contributed by atoms with Gasteiger partial charge in [0.2, 0.25) is 5.95 Å². The van der Waals surface area contributed by atoms with Crippen LogP contribution in [0.3, 0.4) is 0 Å². The molecule has 16 heavy (non-hydrogen) atoms. The molecule has 1 aliphatic heterocycles. The van der Waals surface area contributed by atoms with Crippen LogP contribution in [0.15, 0.2) is 12.3 Å². The molecule has 3 N–H and O–H groups in total. The first-order valence-electron chi connectivity index (χ1n) is 5.86. The molecule has 1 aromatic rings. The molecule has 0 saturated carbocycles. The number of nitrogen functional groups attached to an aromatic ring is 1. The van der Waals surface area contributed by atoms with Crippen molar-refractivity contribution in [2.75, 3.05) is 30.7 Å². The number of hydrogen-bond donors (Lipinski definition) is 2. The van der Waals surface area contributed by atoms with E-state index in [1.807, 2.05) is 0 Å². The largest absolute Gasteiger partial charge is 0.384 e. The summed E-state index contributed by atoms with van der Waals surface area (Å²) >= 11 is 0. The van der Waals surface area contributed by atoms with E-state index in [0.29, 0.717) is 17.8 Å². The first-order chi connectivity index (χ1) is 7.79. The topological polar surface area (TPSA) is 67.1 Å². The summed E-state index contributed by atoms with van der Waals surface area (Å²) in [5.74, 6) is 1.14. The van der Waals surface area contributed by atoms with Gasteiger partial charge in [-0.15, -0.1) is 0 Å². The van der Waals surface area contributed by atoms with Crippen molar-refractivity contribution in [2.24, 2.45) is 0 Å². The van der Waals surface area contributed by atoms with Gasteiger partial charge in [-0.1, -0.05) is 6.92 Å². The summed E-state index contributed by atoms with van der Waals surface area (Å²) in [6.07, 6.45) is 4.22. The fourth-order valence-electron chi connectivity index (χ4n) is 2.21. The van der Waals surface area contributed by atoms with E-state index in [4.69, 9.17) is 5.73 Å². The fourth-order valence-corrected chi connectivity index (χ4v) is 2.21. The molecular weight excluding hydrogens is 202 g/mol. The smallest absolute Gasteiger partial charge is 0.224 e. The Morgan fingerprint density at radius 3 is 3.25 bits per heavy atom. The highest BCUT2D eigenvalue weighted by Gasteiger charge is 2.22. The van der Waals surface area contributed by atoms with Gasteiger partial charge in [0.15, 0.2) is 0 Å². The average Bonchev–Trinajstić information content (AvgIpc) is 2.74. The molecule has 1 fully saturated rings. The quantitative estimate of drug-likeness (QED) is 0.792. The van der Waals surface area contributed by atoms with Gasteiger partial charge in [-0.05, 0) is 32.0 Å². The van der Waals surface area contributed by atoms with E-state index in [-0.39, 0.29) is 0 Å². The first kappa shape index (κ1) is 11.1. The van der Waals surface area contributed by atoms with Crippen LogP contribution in [0.25, 0.3) is 0 Å². The monoisotopic (exact) mass is 221 g/mol. The summed E-state index contributed by atoms with van der Waals surface area (Å²) in [5.41, 5.74) is 5.59. The SMILES string of the molecule is CCN1CCCC1CNc1nccc(N)n1. The molecule has 1 aromatic heterocycles. The molecule has 1 aliphatic rings. The van der Waals surface area contributed by atoms with Crippen molar-refractivity contribution < 1.29 is 0 Å². The maximum atomic E-state index is 5.59. The van der Waals surface area contributed by atoms with Crippen molar-refractivity contribution in [2.45, 2.75) is 25.8 Å². The van der Waals surface area contributed by atoms with Crippen LogP contribution in [0.4, 0.5) is 11.8 Å². The lowest BCUT2D eigenvalue weighted by Gasteiger charge is -2.22. The summed E-state index contributed by atoms with van der Waals surface area (Å²) in [4.78, 5) is 10.7. The molecule has 2 heterocycles. The van der Waals surface area contributed by atoms with Crippen LogP contribution < -0.4 is 11.1 Å². The third kappa shape index (κ3) is 2.61. The maximum absolute atomic E-state index is 5.59. The maximum Gasteiger partial charge on any atom is 0.224 e. The predicted octanol–water partition coefficient (Wildman–Crippen LogP) is 0.955. The second-order valence-corrected chi connectivity index (χ2v) is 4.11. The normalized spacial score (nSPS) is 21.2. The number of nitrogens with one attached hydrogen (secondary N) is 1. The van der Waals surface area contributed by atoms with E-state index in [1.54, 1.807) is 12.3 Å². The molecule has 0 aromatic carbocycles. The van der Waals surface area contributed by atoms with Crippen LogP contribution in [0, 0.1) is 0 Å². The Kier molecular flexibility index (Phi) is 3.56. The number of aromatic nitrogens is 2. The predicted molar refractivity (Wildman–Crippen MR) is 65.2 cm³/mol. The summed E-state index contributed by atoms with van der Waals surface area (Å²) < 4.78 is 0. The van der Waals surface area contributed by atoms with E-state index >= 15 is 0 Å². The lowest BCUT2D eigenvalue weighted by molar-refractivity contribution is 0.277. The van der Waals surface area contributed by atoms with Gasteiger partial charge in [0.25, 0.3) is 0 Å². The number of likely N-dealkylation sites (N-methyl/N-ethyl adjacent to an activating group) is 1. The Morgan fingerprint density at radius 2 is 2.50 bits per heavy atom. The van der Waals surface area contributed by atoms with E-state index in [1.165, 1.54) is 19.4 Å². The number of rotatable bonds is 4. The summed E-state index contributed by atoms with van der Waals surface area (Å²) in [6, 6.07) is 2.30. The highest BCUT2D eigenvalue weighted by atomic mass is 15.2. The molecule has 5 heteroatoms. The van der Waals surface area contributed by atoms with Gasteiger partial charge in [-0.25, -0.2) is 4.98 Å². The zero-order valence-electron chi connectivity index (χ0n) is 9.69. The molecule has 0 spiro atoms. The molecule has 0 bridgehead atoms. The highest BCUT2D eigenvalue weighted by Crippen LogP contribution is 2.16. The third-order valence-electron chi connectivity index (χ3n) is 3.08. The van der Waals surface area contributed by atoms with E-state index in [9.17, 15) is 0 Å². The first-order valence-corrected chi connectivity index (χ1v) is 5.86. The molecule has 1 saturated heterocycles. The van der Waals surface area contributed by atoms with Crippen molar-refractivity contribution >= 4 is 11.8 Å². The zero-order chi connectivity index (χ0) is 11.4. The second kappa shape index (κ2) is 5.12. The minimum atomic E-state index is 0.510. The average molecular weight is 221 g/mol. The Labute approximate surface area is 96.1 Å². The van der Waals surface area contributed by atoms with Crippen LogP contribution in [-0.2, 0) is 0 Å². The number of nitrogens with zero attached hydrogens (tertiary/aromatic N) is 3. The van der Waals surface area contributed by atoms with E-state index < -0.39 is 0 Å². The van der Waals surface area contributed by atoms with Crippen molar-refractivity contribution in [1.82, 2.24) is 14.9 Å². The molecular formula is C11H19N5. The molecule has 0 amide bonds. The van der Waals surface area contributed by atoms with Gasteiger partial charge in [0, 0.05) is 18.8 Å². The highest BCUT2D eigenvalue weighted by molar-refractivity contribution is 5.35. The second-order valence-electron chi connectivity index (χ2n) is 4.11. The number of likely N-dealkylation sites (tertiary alicyclic amines) is 1. The molecule has 1 unspecified atom stereocenters. The van der Waals surface area contributed by atoms with Crippen molar-refractivity contribution in [3.63, 3.8) is 0 Å². The number of hydrogen-bond acceptors (Lipinski definition) is 5. The molecule has 0 aliphatic carbocycles. The van der Waals surface area contributed by atoms with Crippen LogP contribution in [0.1, 0.15) is 19.8 Å². The van der Waals surface area contributed by atoms with Gasteiger partial charge in [-0.2, -0.15) is 4.98 Å². The van der Waals surface area contributed by atoms with Gasteiger partial charge in [-0.3, -0.25) is 4.90 Å².